The van der Waals surface area contributed by atoms with Gasteiger partial charge < -0.3 is 40.2 Å². The molecule has 0 rings (SSSR count). The maximum Gasteiger partial charge on any atom is 0.330 e. The molecular formula is C30H56N2O8. The van der Waals surface area contributed by atoms with Crippen molar-refractivity contribution in [2.75, 3.05) is 52.6 Å². The summed E-state index contributed by atoms with van der Waals surface area (Å²) in [6.07, 6.45) is 21.9. The molecule has 0 aromatic heterocycles. The number of amides is 1. The number of nitrogens with zero attached hydrogens (tertiary/aromatic N) is 1. The van der Waals surface area contributed by atoms with Gasteiger partial charge in [-0.3, -0.25) is 4.79 Å². The van der Waals surface area contributed by atoms with E-state index in [4.69, 9.17) is 20.1 Å². The van der Waals surface area contributed by atoms with Gasteiger partial charge in [0.05, 0.1) is 45.4 Å². The van der Waals surface area contributed by atoms with Crippen LogP contribution in [0.25, 0.3) is 0 Å². The highest BCUT2D eigenvalue weighted by molar-refractivity contribution is 5.89. The summed E-state index contributed by atoms with van der Waals surface area (Å²) < 4.78 is 4.85. The van der Waals surface area contributed by atoms with Gasteiger partial charge in [0.2, 0.25) is 5.91 Å². The van der Waals surface area contributed by atoms with Crippen molar-refractivity contribution in [3.8, 4) is 0 Å². The second-order valence-electron chi connectivity index (χ2n) is 9.57. The number of esters is 1. The molecule has 5 N–H and O–H groups in total. The Kier molecular flexibility index (Phi) is 32.8. The molecule has 0 saturated heterocycles. The van der Waals surface area contributed by atoms with Crippen LogP contribution in [0.3, 0.4) is 0 Å². The number of carbonyl (C=O) groups excluding carboxylic acids is 3. The third-order valence-electron chi connectivity index (χ3n) is 6.00. The van der Waals surface area contributed by atoms with Crippen LogP contribution in [0.1, 0.15) is 96.8 Å². The Morgan fingerprint density at radius 3 is 1.82 bits per heavy atom. The fourth-order valence-corrected chi connectivity index (χ4v) is 3.75. The van der Waals surface area contributed by atoms with Crippen LogP contribution in [0, 0.1) is 0 Å². The summed E-state index contributed by atoms with van der Waals surface area (Å²) in [6, 6.07) is 0. The molecule has 0 saturated carbocycles. The number of rotatable bonds is 26. The minimum Gasteiger partial charge on any atom is -0.545 e. The number of carboxylic acids is 1. The maximum absolute atomic E-state index is 12.3. The lowest BCUT2D eigenvalue weighted by atomic mass is 10.1. The molecule has 0 unspecified atom stereocenters. The van der Waals surface area contributed by atoms with E-state index in [0.29, 0.717) is 25.6 Å². The molecule has 234 valence electrons. The topological polar surface area (TPSA) is 164 Å². The Morgan fingerprint density at radius 2 is 1.30 bits per heavy atom. The summed E-state index contributed by atoms with van der Waals surface area (Å²) in [5, 5.41) is 37.6. The molecule has 40 heavy (non-hydrogen) atoms. The number of carboxylic acid groups (broad SMARTS) is 1. The molecule has 0 aliphatic carbocycles. The number of hydrogen-bond donors (Lipinski definition) is 4. The van der Waals surface area contributed by atoms with Gasteiger partial charge in [-0.05, 0) is 38.2 Å². The molecule has 1 amide bonds. The van der Waals surface area contributed by atoms with Gasteiger partial charge in [-0.2, -0.15) is 0 Å². The zero-order chi connectivity index (χ0) is 30.1. The molecule has 0 spiro atoms. The van der Waals surface area contributed by atoms with Crippen LogP contribution in [0.15, 0.2) is 24.3 Å². The van der Waals surface area contributed by atoms with E-state index in [1.807, 2.05) is 5.32 Å². The first-order chi connectivity index (χ1) is 19.4. The first kappa shape index (κ1) is 39.9. The number of hydrogen-bond acceptors (Lipinski definition) is 8. The molecule has 0 radical (unpaired) electrons. The van der Waals surface area contributed by atoms with E-state index < -0.39 is 11.9 Å². The van der Waals surface area contributed by atoms with Gasteiger partial charge in [-0.25, -0.2) is 4.79 Å². The molecular weight excluding hydrogens is 516 g/mol. The van der Waals surface area contributed by atoms with Gasteiger partial charge in [-0.1, -0.05) is 70.4 Å². The zero-order valence-corrected chi connectivity index (χ0v) is 24.8. The average Bonchev–Trinajstić information content (AvgIpc) is 2.94. The average molecular weight is 573 g/mol. The number of quaternary nitrogens is 1. The normalized spacial score (nSPS) is 11.0. The van der Waals surface area contributed by atoms with Crippen molar-refractivity contribution in [1.82, 2.24) is 4.90 Å². The van der Waals surface area contributed by atoms with Gasteiger partial charge in [0.25, 0.3) is 0 Å². The first-order valence-electron chi connectivity index (χ1n) is 15.1. The summed E-state index contributed by atoms with van der Waals surface area (Å²) in [5.74, 6) is -2.38. The van der Waals surface area contributed by atoms with Crippen molar-refractivity contribution in [2.24, 2.45) is 0 Å². The molecule has 0 aromatic carbocycles. The molecule has 0 aliphatic rings. The summed E-state index contributed by atoms with van der Waals surface area (Å²) >= 11 is 0. The van der Waals surface area contributed by atoms with Crippen LogP contribution in [-0.4, -0.2) is 90.7 Å². The van der Waals surface area contributed by atoms with Crippen LogP contribution in [0.2, 0.25) is 0 Å². The Balaban J connectivity index is 0. The molecule has 0 fully saturated rings. The summed E-state index contributed by atoms with van der Waals surface area (Å²) in [7, 11) is 0. The number of carbonyl (C=O) groups is 3. The van der Waals surface area contributed by atoms with Crippen molar-refractivity contribution in [2.45, 2.75) is 96.8 Å². The van der Waals surface area contributed by atoms with Crippen molar-refractivity contribution in [3.63, 3.8) is 0 Å². The second-order valence-corrected chi connectivity index (χ2v) is 9.57. The summed E-state index contributed by atoms with van der Waals surface area (Å²) in [6.45, 7) is 4.13. The molecule has 0 aromatic rings. The molecule has 10 nitrogen and oxygen atoms in total. The number of allylic oxidation sites excluding steroid dienone is 2. The minimum absolute atomic E-state index is 0.0612. The molecule has 0 bridgehead atoms. The van der Waals surface area contributed by atoms with Crippen LogP contribution >= 0.6 is 0 Å². The van der Waals surface area contributed by atoms with E-state index in [-0.39, 0.29) is 45.4 Å². The molecule has 0 heterocycles. The monoisotopic (exact) mass is 572 g/mol. The Hall–Kier alpha value is -2.27. The lowest BCUT2D eigenvalue weighted by Crippen LogP contribution is -2.85. The van der Waals surface area contributed by atoms with E-state index in [1.165, 1.54) is 56.3 Å². The van der Waals surface area contributed by atoms with Crippen molar-refractivity contribution >= 4 is 17.8 Å². The Morgan fingerprint density at radius 1 is 0.750 bits per heavy atom. The lowest BCUT2D eigenvalue weighted by molar-refractivity contribution is -0.657. The number of aliphatic carboxylic acids is 1. The smallest absolute Gasteiger partial charge is 0.330 e. The van der Waals surface area contributed by atoms with Crippen molar-refractivity contribution in [1.29, 1.82) is 0 Å². The Labute approximate surface area is 241 Å². The number of unbranched alkanes of at least 4 members (excludes halogenated alkanes) is 11. The van der Waals surface area contributed by atoms with Gasteiger partial charge in [0, 0.05) is 19.0 Å². The number of aliphatic hydroxyl groups excluding tert-OH is 3. The van der Waals surface area contributed by atoms with Crippen molar-refractivity contribution < 1.29 is 44.9 Å². The minimum atomic E-state index is -1.48. The predicted octanol–water partition coefficient (Wildman–Crippen LogP) is 1.23. The van der Waals surface area contributed by atoms with Gasteiger partial charge in [0.15, 0.2) is 0 Å². The molecule has 10 heteroatoms. The summed E-state index contributed by atoms with van der Waals surface area (Å²) in [4.78, 5) is 35.4. The third kappa shape index (κ3) is 31.9. The van der Waals surface area contributed by atoms with Gasteiger partial charge in [0.1, 0.15) is 6.61 Å². The fourth-order valence-electron chi connectivity index (χ4n) is 3.75. The highest BCUT2D eigenvalue weighted by atomic mass is 16.5. The van der Waals surface area contributed by atoms with E-state index in [9.17, 15) is 19.5 Å². The first-order valence-corrected chi connectivity index (χ1v) is 15.1. The standard InChI is InChI=1S/C26H45NO6.C4H11NO2/c1-2-3-4-5-6-7-8-9-10-11-12-13-14-15-16-17-24(29)27(20-22-28)21-23-33-26(32)19-18-25(30)31;6-3-1-5-2-4-7/h9-10,18-19,28H,2-8,11-17,20-23H2,1H3,(H,30,31);5-7H,1-4H2. The zero-order valence-electron chi connectivity index (χ0n) is 24.8. The number of aliphatic hydroxyl groups is 3. The van der Waals surface area contributed by atoms with Crippen molar-refractivity contribution in [3.05, 3.63) is 24.3 Å². The molecule has 0 aliphatic heterocycles. The van der Waals surface area contributed by atoms with Crippen LogP contribution in [-0.2, 0) is 19.1 Å². The highest BCUT2D eigenvalue weighted by Crippen LogP contribution is 2.10. The van der Waals surface area contributed by atoms with E-state index in [1.54, 1.807) is 0 Å². The lowest BCUT2D eigenvalue weighted by Gasteiger charge is -2.21. The third-order valence-corrected chi connectivity index (χ3v) is 6.00. The largest absolute Gasteiger partial charge is 0.545 e. The second kappa shape index (κ2) is 32.9. The van der Waals surface area contributed by atoms with Crippen LogP contribution in [0.5, 0.6) is 0 Å². The van der Waals surface area contributed by atoms with Gasteiger partial charge >= 0.3 is 5.97 Å². The van der Waals surface area contributed by atoms with Crippen LogP contribution < -0.4 is 10.4 Å². The van der Waals surface area contributed by atoms with Gasteiger partial charge in [-0.15, -0.1) is 0 Å². The maximum atomic E-state index is 12.3. The predicted molar refractivity (Wildman–Crippen MR) is 154 cm³/mol. The Bertz CT molecular complexity index is 652. The quantitative estimate of drug-likeness (QED) is 0.0520. The summed E-state index contributed by atoms with van der Waals surface area (Å²) in [5.41, 5.74) is 0. The fraction of sp³-hybridized carbons (Fsp3) is 0.767. The number of nitrogens with two attached hydrogens (primary N) is 1. The SMILES string of the molecule is CCCCCCCCC=CCCCCCCCC(=O)N(CCO)CCOC(=O)C=CC(=O)[O-].OCC[NH2+]CCO. The van der Waals surface area contributed by atoms with E-state index >= 15 is 0 Å². The van der Waals surface area contributed by atoms with E-state index in [0.717, 1.165) is 38.2 Å². The van der Waals surface area contributed by atoms with E-state index in [2.05, 4.69) is 19.1 Å². The van der Waals surface area contributed by atoms with Crippen LogP contribution in [0.4, 0.5) is 0 Å². The highest BCUT2D eigenvalue weighted by Gasteiger charge is 2.13. The molecule has 0 atom stereocenters. The number of ether oxygens (including phenoxy) is 1.